The number of hydrogen-bond donors (Lipinski definition) is 2. The number of fused-ring (bicyclic) bond motifs is 1. The van der Waals surface area contributed by atoms with Gasteiger partial charge in [0.05, 0.1) is 18.4 Å². The van der Waals surface area contributed by atoms with Crippen LogP contribution in [0.4, 0.5) is 23.2 Å². The van der Waals surface area contributed by atoms with E-state index in [9.17, 15) is 27.5 Å². The van der Waals surface area contributed by atoms with Gasteiger partial charge < -0.3 is 9.84 Å². The van der Waals surface area contributed by atoms with E-state index in [-0.39, 0.29) is 22.4 Å². The summed E-state index contributed by atoms with van der Waals surface area (Å²) in [7, 11) is 1.34. The highest BCUT2D eigenvalue weighted by molar-refractivity contribution is 6.03. The smallest absolute Gasteiger partial charge is 0.417 e. The predicted octanol–water partition coefficient (Wildman–Crippen LogP) is 4.12. The quantitative estimate of drug-likeness (QED) is 0.683. The highest BCUT2D eigenvalue weighted by Gasteiger charge is 2.56. The molecule has 1 aliphatic rings. The van der Waals surface area contributed by atoms with E-state index in [1.165, 1.54) is 45.2 Å². The van der Waals surface area contributed by atoms with Gasteiger partial charge in [-0.3, -0.25) is 10.2 Å². The van der Waals surface area contributed by atoms with E-state index in [4.69, 9.17) is 4.74 Å². The fourth-order valence-electron chi connectivity index (χ4n) is 3.78. The zero-order chi connectivity index (χ0) is 22.3. The van der Waals surface area contributed by atoms with E-state index < -0.39 is 41.8 Å². The molecule has 0 fully saturated rings. The van der Waals surface area contributed by atoms with Crippen molar-refractivity contribution < 1.29 is 32.2 Å². The number of nitrogens with one attached hydrogen (secondary N) is 1. The molecule has 9 heteroatoms. The molecule has 1 aliphatic heterocycles. The molecule has 30 heavy (non-hydrogen) atoms. The second-order valence-corrected chi connectivity index (χ2v) is 8.02. The lowest BCUT2D eigenvalue weighted by atomic mass is 9.72. The monoisotopic (exact) mass is 425 g/mol. The van der Waals surface area contributed by atoms with Gasteiger partial charge in [-0.25, -0.2) is 4.39 Å². The van der Waals surface area contributed by atoms with Crippen LogP contribution in [0.2, 0.25) is 0 Å². The van der Waals surface area contributed by atoms with Crippen molar-refractivity contribution in [2.75, 3.05) is 12.5 Å². The van der Waals surface area contributed by atoms with Crippen LogP contribution < -0.4 is 15.6 Å². The van der Waals surface area contributed by atoms with Gasteiger partial charge in [-0.05, 0) is 47.7 Å². The summed E-state index contributed by atoms with van der Waals surface area (Å²) in [5.41, 5.74) is 2.43. The maximum absolute atomic E-state index is 14.0. The minimum atomic E-state index is -4.98. The number of aliphatic hydroxyl groups is 1. The summed E-state index contributed by atoms with van der Waals surface area (Å²) in [5, 5.41) is 10.8. The molecule has 0 saturated carbocycles. The molecule has 3 rings (SSSR count). The van der Waals surface area contributed by atoms with Crippen LogP contribution in [0.1, 0.15) is 41.8 Å². The van der Waals surface area contributed by atoms with E-state index in [1.807, 2.05) is 0 Å². The maximum Gasteiger partial charge on any atom is 0.417 e. The Bertz CT molecular complexity index is 975. The number of ether oxygens (including phenoxy) is 1. The summed E-state index contributed by atoms with van der Waals surface area (Å²) >= 11 is 0. The number of anilines is 1. The molecule has 0 aliphatic carbocycles. The van der Waals surface area contributed by atoms with Gasteiger partial charge in [0.1, 0.15) is 11.6 Å². The molecule has 1 radical (unpaired) electrons. The van der Waals surface area contributed by atoms with Crippen molar-refractivity contribution in [3.63, 3.8) is 0 Å². The van der Waals surface area contributed by atoms with Crippen LogP contribution in [-0.2, 0) is 11.8 Å². The number of rotatable bonds is 6. The second kappa shape index (κ2) is 7.46. The van der Waals surface area contributed by atoms with Gasteiger partial charge >= 0.3 is 6.18 Å². The summed E-state index contributed by atoms with van der Waals surface area (Å²) < 4.78 is 61.0. The molecular weight excluding hydrogens is 404 g/mol. The number of amides is 1. The van der Waals surface area contributed by atoms with E-state index >= 15 is 0 Å². The van der Waals surface area contributed by atoms with Crippen molar-refractivity contribution in [2.24, 2.45) is 0 Å². The third kappa shape index (κ3) is 4.07. The van der Waals surface area contributed by atoms with Gasteiger partial charge in [0, 0.05) is 12.0 Å². The first-order valence-corrected chi connectivity index (χ1v) is 9.13. The lowest BCUT2D eigenvalue weighted by molar-refractivity contribution is -0.266. The Kier molecular flexibility index (Phi) is 5.44. The van der Waals surface area contributed by atoms with Crippen molar-refractivity contribution in [1.82, 2.24) is 5.43 Å². The Hall–Kier alpha value is -2.81. The first-order valence-electron chi connectivity index (χ1n) is 9.13. The number of methoxy groups -OCH3 is 1. The summed E-state index contributed by atoms with van der Waals surface area (Å²) in [5.74, 6) is -0.989. The van der Waals surface area contributed by atoms with Crippen LogP contribution in [-0.4, -0.2) is 29.9 Å². The Morgan fingerprint density at radius 2 is 1.83 bits per heavy atom. The molecule has 0 aromatic heterocycles. The summed E-state index contributed by atoms with van der Waals surface area (Å²) in [6, 6.07) is 7.71. The summed E-state index contributed by atoms with van der Waals surface area (Å²) in [6.45, 7) is 2.96. The Morgan fingerprint density at radius 3 is 2.47 bits per heavy atom. The molecule has 1 heterocycles. The lowest BCUT2D eigenvalue weighted by Gasteiger charge is -2.38. The number of carbonyl (C=O) groups is 1. The predicted molar refractivity (Wildman–Crippen MR) is 102 cm³/mol. The molecular formula is C21H21F4N2O3. The normalized spacial score (nSPS) is 15.8. The van der Waals surface area contributed by atoms with E-state index in [1.54, 1.807) is 0 Å². The average Bonchev–Trinajstić information content (AvgIpc) is 3.01. The van der Waals surface area contributed by atoms with Crippen LogP contribution in [0, 0.1) is 5.82 Å². The molecule has 2 aromatic carbocycles. The first kappa shape index (κ1) is 21.9. The van der Waals surface area contributed by atoms with Crippen molar-refractivity contribution in [3.8, 4) is 5.75 Å². The van der Waals surface area contributed by atoms with Crippen LogP contribution >= 0.6 is 0 Å². The Balaban J connectivity index is 1.97. The number of hydrogen-bond acceptors (Lipinski definition) is 4. The Morgan fingerprint density at radius 1 is 1.13 bits per heavy atom. The lowest BCUT2D eigenvalue weighted by Crippen LogP contribution is -2.50. The van der Waals surface area contributed by atoms with Gasteiger partial charge in [-0.1, -0.05) is 19.9 Å². The molecule has 1 atom stereocenters. The van der Waals surface area contributed by atoms with Crippen molar-refractivity contribution >= 4 is 11.6 Å². The molecule has 0 spiro atoms. The molecule has 0 bridgehead atoms. The Labute approximate surface area is 171 Å². The number of alkyl halides is 3. The molecule has 2 aromatic rings. The zero-order valence-electron chi connectivity index (χ0n) is 16.6. The zero-order valence-corrected chi connectivity index (χ0v) is 16.6. The third-order valence-electron chi connectivity index (χ3n) is 5.24. The van der Waals surface area contributed by atoms with E-state index in [2.05, 4.69) is 10.9 Å². The molecule has 0 saturated heterocycles. The fourth-order valence-corrected chi connectivity index (χ4v) is 3.78. The van der Waals surface area contributed by atoms with Crippen molar-refractivity contribution in [1.29, 1.82) is 0 Å². The van der Waals surface area contributed by atoms with E-state index in [0.717, 1.165) is 12.1 Å². The average molecular weight is 425 g/mol. The molecule has 1 amide bonds. The highest BCUT2D eigenvalue weighted by Crippen LogP contribution is 2.45. The second-order valence-electron chi connectivity index (χ2n) is 8.02. The van der Waals surface area contributed by atoms with E-state index in [0.29, 0.717) is 5.69 Å². The number of benzene rings is 2. The van der Waals surface area contributed by atoms with Crippen LogP contribution in [0.3, 0.4) is 0 Å². The van der Waals surface area contributed by atoms with Crippen LogP contribution in [0.5, 0.6) is 5.75 Å². The van der Waals surface area contributed by atoms with Gasteiger partial charge in [0.15, 0.2) is 5.60 Å². The van der Waals surface area contributed by atoms with Crippen molar-refractivity contribution in [2.45, 2.75) is 43.9 Å². The fraction of sp³-hybridized carbons (Fsp3) is 0.381. The largest absolute Gasteiger partial charge is 0.496 e. The van der Waals surface area contributed by atoms with Gasteiger partial charge in [-0.15, -0.1) is 5.43 Å². The molecule has 2 N–H and O–H groups in total. The number of carbonyl (C=O) groups excluding carboxylic acids is 1. The van der Waals surface area contributed by atoms with Crippen molar-refractivity contribution in [3.05, 3.63) is 58.9 Å². The van der Waals surface area contributed by atoms with Gasteiger partial charge in [0.2, 0.25) is 0 Å². The van der Waals surface area contributed by atoms with Gasteiger partial charge in [-0.2, -0.15) is 13.2 Å². The molecule has 1 unspecified atom stereocenters. The summed E-state index contributed by atoms with van der Waals surface area (Å²) in [6.07, 6.45) is -6.51. The van der Waals surface area contributed by atoms with Crippen LogP contribution in [0.15, 0.2) is 36.4 Å². The topological polar surface area (TPSA) is 72.7 Å². The molecule has 5 nitrogen and oxygen atoms in total. The van der Waals surface area contributed by atoms with Gasteiger partial charge in [0.25, 0.3) is 5.91 Å². The first-order chi connectivity index (χ1) is 13.9. The molecule has 161 valence electrons. The number of nitrogens with zero attached hydrogens (tertiary/aromatic N) is 1. The maximum atomic E-state index is 14.0. The standard InChI is InChI=1S/C21H21F4N2O3/c1-19(2,15-9-13(22)5-7-17(15)30-3)11-20(29,21(23,24)25)10-12-4-6-16-14(8-12)18(28)27-26-16/h4-9,26,29H,10-11H2,1-3H3. The highest BCUT2D eigenvalue weighted by atomic mass is 19.4. The third-order valence-corrected chi connectivity index (χ3v) is 5.24. The SMILES string of the molecule is COc1ccc(F)cc1C(C)(C)CC(O)(Cc1ccc2c(c1)C(=O)[N]N2)C(F)(F)F. The number of halogens is 4. The minimum absolute atomic E-state index is 0.128. The summed E-state index contributed by atoms with van der Waals surface area (Å²) in [4.78, 5) is 11.7. The minimum Gasteiger partial charge on any atom is -0.496 e. The van der Waals surface area contributed by atoms with Crippen LogP contribution in [0.25, 0.3) is 0 Å².